The molecule has 1 heterocycles. The van der Waals surface area contributed by atoms with Crippen LogP contribution < -0.4 is 11.1 Å². The van der Waals surface area contributed by atoms with E-state index in [9.17, 15) is 0 Å². The topological polar surface area (TPSA) is 50.9 Å². The van der Waals surface area contributed by atoms with Gasteiger partial charge in [-0.3, -0.25) is 4.98 Å². The number of pyridine rings is 1. The zero-order chi connectivity index (χ0) is 11.1. The highest BCUT2D eigenvalue weighted by Gasteiger charge is 1.99. The number of hydrogen-bond donors (Lipinski definition) is 2. The molecule has 15 heavy (non-hydrogen) atoms. The quantitative estimate of drug-likeness (QED) is 0.723. The van der Waals surface area contributed by atoms with Crippen molar-refractivity contribution in [3.05, 3.63) is 30.1 Å². The van der Waals surface area contributed by atoms with Gasteiger partial charge < -0.3 is 11.1 Å². The normalized spacial score (nSPS) is 11.7. The van der Waals surface area contributed by atoms with Crippen LogP contribution in [-0.4, -0.2) is 18.1 Å². The van der Waals surface area contributed by atoms with Gasteiger partial charge in [-0.1, -0.05) is 13.0 Å². The van der Waals surface area contributed by atoms with E-state index >= 15 is 0 Å². The maximum Gasteiger partial charge on any atom is 0.0421 e. The average molecular weight is 205 g/mol. The van der Waals surface area contributed by atoms with E-state index < -0.39 is 0 Å². The summed E-state index contributed by atoms with van der Waals surface area (Å²) in [5.74, 6) is 0. The summed E-state index contributed by atoms with van der Waals surface area (Å²) in [5.41, 5.74) is 8.88. The molecule has 0 fully saturated rings. The number of aromatic nitrogens is 1. The molecule has 1 aromatic rings. The molecule has 3 nitrogen and oxygen atoms in total. The summed E-state index contributed by atoms with van der Waals surface area (Å²) < 4.78 is 0. The summed E-state index contributed by atoms with van der Waals surface area (Å²) in [7, 11) is 0. The molecule has 0 radical (unpaired) electrons. The Bertz CT molecular complexity index is 331. The number of nitrogens with two attached hydrogens (primary N) is 1. The Morgan fingerprint density at radius 1 is 1.60 bits per heavy atom. The standard InChI is InChI=1S/C12H19N3/c1-3-14-7-4-5-10(2)11-9-15-8-6-12(11)13/h5-6,8-9,14H,3-4,7H2,1-2H3,(H2,13,15). The van der Waals surface area contributed by atoms with Gasteiger partial charge in [0.15, 0.2) is 0 Å². The van der Waals surface area contributed by atoms with E-state index in [-0.39, 0.29) is 0 Å². The zero-order valence-corrected chi connectivity index (χ0v) is 9.46. The first kappa shape index (κ1) is 11.7. The highest BCUT2D eigenvalue weighted by atomic mass is 14.8. The van der Waals surface area contributed by atoms with E-state index in [0.29, 0.717) is 0 Å². The van der Waals surface area contributed by atoms with Crippen molar-refractivity contribution in [1.29, 1.82) is 0 Å². The van der Waals surface area contributed by atoms with E-state index in [1.165, 1.54) is 5.57 Å². The van der Waals surface area contributed by atoms with Gasteiger partial charge in [0.05, 0.1) is 0 Å². The molecule has 1 aromatic heterocycles. The molecular weight excluding hydrogens is 186 g/mol. The van der Waals surface area contributed by atoms with Crippen LogP contribution in [-0.2, 0) is 0 Å². The maximum absolute atomic E-state index is 5.86. The molecule has 0 amide bonds. The first-order valence-electron chi connectivity index (χ1n) is 5.33. The third-order valence-electron chi connectivity index (χ3n) is 2.30. The number of nitrogens with zero attached hydrogens (tertiary/aromatic N) is 1. The number of anilines is 1. The number of nitrogens with one attached hydrogen (secondary N) is 1. The van der Waals surface area contributed by atoms with E-state index in [4.69, 9.17) is 5.73 Å². The average Bonchev–Trinajstić information content (AvgIpc) is 2.25. The fraction of sp³-hybridized carbons (Fsp3) is 0.417. The molecule has 0 aromatic carbocycles. The van der Waals surface area contributed by atoms with Gasteiger partial charge in [0.1, 0.15) is 0 Å². The third kappa shape index (κ3) is 3.72. The predicted octanol–water partition coefficient (Wildman–Crippen LogP) is 2.07. The minimum Gasteiger partial charge on any atom is -0.398 e. The van der Waals surface area contributed by atoms with Crippen LogP contribution in [0.15, 0.2) is 24.5 Å². The van der Waals surface area contributed by atoms with Gasteiger partial charge in [0.2, 0.25) is 0 Å². The molecular formula is C12H19N3. The number of nitrogen functional groups attached to an aromatic ring is 1. The lowest BCUT2D eigenvalue weighted by Gasteiger charge is -2.05. The monoisotopic (exact) mass is 205 g/mol. The summed E-state index contributed by atoms with van der Waals surface area (Å²) in [4.78, 5) is 4.07. The Kier molecular flexibility index (Phi) is 4.84. The number of hydrogen-bond acceptors (Lipinski definition) is 3. The molecule has 82 valence electrons. The molecule has 0 bridgehead atoms. The maximum atomic E-state index is 5.86. The molecule has 0 spiro atoms. The lowest BCUT2D eigenvalue weighted by Crippen LogP contribution is -2.13. The van der Waals surface area contributed by atoms with Crippen LogP contribution >= 0.6 is 0 Å². The molecule has 3 heteroatoms. The molecule has 0 aliphatic rings. The second kappa shape index (κ2) is 6.19. The molecule has 0 saturated carbocycles. The first-order chi connectivity index (χ1) is 7.25. The Morgan fingerprint density at radius 3 is 3.07 bits per heavy atom. The van der Waals surface area contributed by atoms with E-state index in [1.807, 2.05) is 12.3 Å². The molecule has 0 saturated heterocycles. The van der Waals surface area contributed by atoms with Crippen LogP contribution in [0, 0.1) is 0 Å². The van der Waals surface area contributed by atoms with Crippen molar-refractivity contribution in [1.82, 2.24) is 10.3 Å². The summed E-state index contributed by atoms with van der Waals surface area (Å²) in [6.45, 7) is 6.20. The Balaban J connectivity index is 2.60. The Labute approximate surface area is 91.4 Å². The van der Waals surface area contributed by atoms with Crippen molar-refractivity contribution in [2.24, 2.45) is 0 Å². The largest absolute Gasteiger partial charge is 0.398 e. The number of rotatable bonds is 5. The fourth-order valence-electron chi connectivity index (χ4n) is 1.41. The highest BCUT2D eigenvalue weighted by Crippen LogP contribution is 2.19. The van der Waals surface area contributed by atoms with E-state index in [1.54, 1.807) is 6.20 Å². The van der Waals surface area contributed by atoms with Gasteiger partial charge in [-0.25, -0.2) is 0 Å². The fourth-order valence-corrected chi connectivity index (χ4v) is 1.41. The van der Waals surface area contributed by atoms with Gasteiger partial charge in [0.25, 0.3) is 0 Å². The van der Waals surface area contributed by atoms with Crippen molar-refractivity contribution in [3.63, 3.8) is 0 Å². The van der Waals surface area contributed by atoms with E-state index in [2.05, 4.69) is 30.2 Å². The molecule has 3 N–H and O–H groups in total. The summed E-state index contributed by atoms with van der Waals surface area (Å²) in [5, 5.41) is 3.28. The minimum absolute atomic E-state index is 0.794. The van der Waals surface area contributed by atoms with Crippen molar-refractivity contribution in [2.45, 2.75) is 20.3 Å². The predicted molar refractivity (Wildman–Crippen MR) is 65.5 cm³/mol. The number of allylic oxidation sites excluding steroid dienone is 1. The van der Waals surface area contributed by atoms with Crippen molar-refractivity contribution >= 4 is 11.3 Å². The van der Waals surface area contributed by atoms with Gasteiger partial charge in [-0.05, 0) is 38.1 Å². The SMILES string of the molecule is CCNCCC=C(C)c1cnccc1N. The second-order valence-corrected chi connectivity index (χ2v) is 3.49. The first-order valence-corrected chi connectivity index (χ1v) is 5.33. The van der Waals surface area contributed by atoms with Crippen LogP contribution in [0.2, 0.25) is 0 Å². The van der Waals surface area contributed by atoms with Crippen LogP contribution in [0.3, 0.4) is 0 Å². The van der Waals surface area contributed by atoms with Crippen molar-refractivity contribution < 1.29 is 0 Å². The second-order valence-electron chi connectivity index (χ2n) is 3.49. The van der Waals surface area contributed by atoms with Crippen LogP contribution in [0.5, 0.6) is 0 Å². The molecule has 0 aliphatic carbocycles. The summed E-state index contributed by atoms with van der Waals surface area (Å²) in [6.07, 6.45) is 6.74. The highest BCUT2D eigenvalue weighted by molar-refractivity contribution is 5.72. The van der Waals surface area contributed by atoms with E-state index in [0.717, 1.165) is 30.8 Å². The van der Waals surface area contributed by atoms with Gasteiger partial charge in [0, 0.05) is 23.6 Å². The summed E-state index contributed by atoms with van der Waals surface area (Å²) >= 11 is 0. The summed E-state index contributed by atoms with van der Waals surface area (Å²) in [6, 6.07) is 1.83. The molecule has 0 unspecified atom stereocenters. The zero-order valence-electron chi connectivity index (χ0n) is 9.46. The van der Waals surface area contributed by atoms with Crippen molar-refractivity contribution in [3.8, 4) is 0 Å². The third-order valence-corrected chi connectivity index (χ3v) is 2.30. The lowest BCUT2D eigenvalue weighted by molar-refractivity contribution is 0.727. The smallest absolute Gasteiger partial charge is 0.0421 e. The lowest BCUT2D eigenvalue weighted by atomic mass is 10.1. The van der Waals surface area contributed by atoms with Crippen molar-refractivity contribution in [2.75, 3.05) is 18.8 Å². The van der Waals surface area contributed by atoms with Gasteiger partial charge in [-0.2, -0.15) is 0 Å². The van der Waals surface area contributed by atoms with Crippen LogP contribution in [0.1, 0.15) is 25.8 Å². The molecule has 0 aliphatic heterocycles. The molecule has 0 atom stereocenters. The Morgan fingerprint density at radius 2 is 2.40 bits per heavy atom. The van der Waals surface area contributed by atoms with Crippen LogP contribution in [0.25, 0.3) is 5.57 Å². The van der Waals surface area contributed by atoms with Gasteiger partial charge >= 0.3 is 0 Å². The van der Waals surface area contributed by atoms with Crippen LogP contribution in [0.4, 0.5) is 5.69 Å². The molecule has 1 rings (SSSR count). The van der Waals surface area contributed by atoms with Gasteiger partial charge in [-0.15, -0.1) is 0 Å². The minimum atomic E-state index is 0.794. The Hall–Kier alpha value is -1.35.